The minimum Gasteiger partial charge on any atom is -0.475 e. The summed E-state index contributed by atoms with van der Waals surface area (Å²) in [5.74, 6) is -4.26. The fraction of sp³-hybridized carbons (Fsp3) is 0.500. The summed E-state index contributed by atoms with van der Waals surface area (Å²) in [4.78, 5) is 10.8. The molecule has 1 aliphatic heterocycles. The van der Waals surface area contributed by atoms with Crippen molar-refractivity contribution in [1.82, 2.24) is 5.32 Å². The lowest BCUT2D eigenvalue weighted by molar-refractivity contribution is -0.192. The predicted octanol–water partition coefficient (Wildman–Crippen LogP) is 2.79. The van der Waals surface area contributed by atoms with Crippen molar-refractivity contribution in [3.05, 3.63) is 29.8 Å². The van der Waals surface area contributed by atoms with E-state index in [1.165, 1.54) is 0 Å². The first-order valence-electron chi connectivity index (χ1n) is 6.90. The van der Waals surface area contributed by atoms with Crippen LogP contribution in [0.25, 0.3) is 0 Å². The molecule has 0 aliphatic carbocycles. The fourth-order valence-corrected chi connectivity index (χ4v) is 2.16. The number of nitrogens with one attached hydrogen (secondary N) is 1. The average molecular weight is 340 g/mol. The van der Waals surface area contributed by atoms with Crippen LogP contribution in [0.2, 0.25) is 0 Å². The Bertz CT molecular complexity index is 536. The lowest BCUT2D eigenvalue weighted by atomic mass is 10.1. The number of rotatable bonds is 2. The standard InChI is InChI=1S/C12H16F2N2.C2HF3O2/c1-2-9-8-15-6-7-16(9)11-5-3-4-10(13)12(11)14;3-2(4,5)1(6)7/h3-5,9,15H,2,6-8H2,1H3;(H,6,7). The van der Waals surface area contributed by atoms with Crippen LogP contribution in [-0.2, 0) is 4.79 Å². The van der Waals surface area contributed by atoms with Crippen molar-refractivity contribution in [2.75, 3.05) is 24.5 Å². The van der Waals surface area contributed by atoms with Gasteiger partial charge in [0.25, 0.3) is 0 Å². The maximum atomic E-state index is 13.7. The maximum absolute atomic E-state index is 13.7. The molecule has 4 nitrogen and oxygen atoms in total. The van der Waals surface area contributed by atoms with Crippen LogP contribution in [0.5, 0.6) is 0 Å². The predicted molar refractivity (Wildman–Crippen MR) is 74.3 cm³/mol. The van der Waals surface area contributed by atoms with Crippen LogP contribution < -0.4 is 10.2 Å². The molecule has 2 N–H and O–H groups in total. The SMILES string of the molecule is CCC1CNCCN1c1cccc(F)c1F.O=C(O)C(F)(F)F. The van der Waals surface area contributed by atoms with Gasteiger partial charge in [0.1, 0.15) is 0 Å². The van der Waals surface area contributed by atoms with E-state index in [4.69, 9.17) is 9.90 Å². The number of aliphatic carboxylic acids is 1. The van der Waals surface area contributed by atoms with Gasteiger partial charge in [-0.2, -0.15) is 13.2 Å². The van der Waals surface area contributed by atoms with Crippen molar-refractivity contribution in [2.45, 2.75) is 25.6 Å². The molecule has 1 fully saturated rings. The van der Waals surface area contributed by atoms with E-state index in [1.54, 1.807) is 12.1 Å². The zero-order valence-electron chi connectivity index (χ0n) is 12.3. The molecular formula is C14H17F5N2O2. The number of carboxylic acids is 1. The largest absolute Gasteiger partial charge is 0.490 e. The maximum Gasteiger partial charge on any atom is 0.490 e. The lowest BCUT2D eigenvalue weighted by Crippen LogP contribution is -2.51. The number of piperazine rings is 1. The van der Waals surface area contributed by atoms with Gasteiger partial charge >= 0.3 is 12.1 Å². The first-order chi connectivity index (χ1) is 10.7. The third kappa shape index (κ3) is 5.34. The number of alkyl halides is 3. The summed E-state index contributed by atoms with van der Waals surface area (Å²) in [5.41, 5.74) is 0.383. The number of halogens is 5. The molecule has 1 aliphatic rings. The molecule has 1 atom stereocenters. The van der Waals surface area contributed by atoms with E-state index in [-0.39, 0.29) is 6.04 Å². The van der Waals surface area contributed by atoms with Crippen molar-refractivity contribution in [3.63, 3.8) is 0 Å². The van der Waals surface area contributed by atoms with Crippen molar-refractivity contribution in [2.24, 2.45) is 0 Å². The molecule has 1 aromatic rings. The smallest absolute Gasteiger partial charge is 0.475 e. The molecule has 0 amide bonds. The third-order valence-electron chi connectivity index (χ3n) is 3.30. The number of nitrogens with zero attached hydrogens (tertiary/aromatic N) is 1. The van der Waals surface area contributed by atoms with Gasteiger partial charge in [0, 0.05) is 25.7 Å². The summed E-state index contributed by atoms with van der Waals surface area (Å²) in [5, 5.41) is 10.4. The van der Waals surface area contributed by atoms with E-state index in [0.29, 0.717) is 5.69 Å². The number of carboxylic acid groups (broad SMARTS) is 1. The molecule has 0 saturated carbocycles. The molecule has 23 heavy (non-hydrogen) atoms. The van der Waals surface area contributed by atoms with Gasteiger partial charge in [-0.05, 0) is 18.6 Å². The Morgan fingerprint density at radius 2 is 2.00 bits per heavy atom. The Balaban J connectivity index is 0.000000322. The Kier molecular flexibility index (Phi) is 6.74. The molecule has 9 heteroatoms. The second kappa shape index (κ2) is 8.09. The first kappa shape index (κ1) is 19.1. The second-order valence-corrected chi connectivity index (χ2v) is 4.84. The van der Waals surface area contributed by atoms with Crippen LogP contribution in [-0.4, -0.2) is 42.9 Å². The van der Waals surface area contributed by atoms with Crippen molar-refractivity contribution >= 4 is 11.7 Å². The number of anilines is 1. The van der Waals surface area contributed by atoms with Gasteiger partial charge in [0.15, 0.2) is 11.6 Å². The van der Waals surface area contributed by atoms with E-state index in [0.717, 1.165) is 32.1 Å². The van der Waals surface area contributed by atoms with E-state index in [9.17, 15) is 22.0 Å². The van der Waals surface area contributed by atoms with Gasteiger partial charge in [0.05, 0.1) is 5.69 Å². The number of carbonyl (C=O) groups is 1. The summed E-state index contributed by atoms with van der Waals surface area (Å²) < 4.78 is 58.5. The number of hydrogen-bond acceptors (Lipinski definition) is 3. The van der Waals surface area contributed by atoms with Gasteiger partial charge < -0.3 is 15.3 Å². The second-order valence-electron chi connectivity index (χ2n) is 4.84. The van der Waals surface area contributed by atoms with E-state index in [1.807, 2.05) is 4.90 Å². The quantitative estimate of drug-likeness (QED) is 0.813. The summed E-state index contributed by atoms with van der Waals surface area (Å²) in [7, 11) is 0. The molecule has 1 heterocycles. The molecule has 1 unspecified atom stereocenters. The van der Waals surface area contributed by atoms with Crippen LogP contribution in [0.3, 0.4) is 0 Å². The van der Waals surface area contributed by atoms with Crippen LogP contribution in [0.15, 0.2) is 18.2 Å². The monoisotopic (exact) mass is 340 g/mol. The normalized spacial score (nSPS) is 18.2. The zero-order chi connectivity index (χ0) is 17.6. The molecule has 0 spiro atoms. The van der Waals surface area contributed by atoms with E-state index in [2.05, 4.69) is 12.2 Å². The number of hydrogen-bond donors (Lipinski definition) is 2. The summed E-state index contributed by atoms with van der Waals surface area (Å²) >= 11 is 0. The molecule has 0 aromatic heterocycles. The Morgan fingerprint density at radius 3 is 2.52 bits per heavy atom. The average Bonchev–Trinajstić information content (AvgIpc) is 2.50. The zero-order valence-corrected chi connectivity index (χ0v) is 12.3. The van der Waals surface area contributed by atoms with Crippen LogP contribution >= 0.6 is 0 Å². The molecule has 130 valence electrons. The molecule has 0 bridgehead atoms. The first-order valence-corrected chi connectivity index (χ1v) is 6.90. The summed E-state index contributed by atoms with van der Waals surface area (Å²) in [6, 6.07) is 4.60. The molecule has 0 radical (unpaired) electrons. The fourth-order valence-electron chi connectivity index (χ4n) is 2.16. The minimum atomic E-state index is -5.08. The molecule has 1 saturated heterocycles. The molecular weight excluding hydrogens is 323 g/mol. The topological polar surface area (TPSA) is 52.6 Å². The number of benzene rings is 1. The van der Waals surface area contributed by atoms with Crippen LogP contribution in [0.1, 0.15) is 13.3 Å². The Hall–Kier alpha value is -1.90. The Morgan fingerprint density at radius 1 is 1.39 bits per heavy atom. The highest BCUT2D eigenvalue weighted by Gasteiger charge is 2.38. The summed E-state index contributed by atoms with van der Waals surface area (Å²) in [6.45, 7) is 4.42. The molecule has 1 aromatic carbocycles. The van der Waals surface area contributed by atoms with Crippen molar-refractivity contribution in [1.29, 1.82) is 0 Å². The van der Waals surface area contributed by atoms with Crippen molar-refractivity contribution < 1.29 is 31.9 Å². The van der Waals surface area contributed by atoms with Crippen molar-refractivity contribution in [3.8, 4) is 0 Å². The van der Waals surface area contributed by atoms with Gasteiger partial charge in [-0.3, -0.25) is 0 Å². The van der Waals surface area contributed by atoms with E-state index < -0.39 is 23.8 Å². The highest BCUT2D eigenvalue weighted by atomic mass is 19.4. The van der Waals surface area contributed by atoms with Gasteiger partial charge in [-0.15, -0.1) is 0 Å². The minimum absolute atomic E-state index is 0.241. The Labute approximate surface area is 129 Å². The van der Waals surface area contributed by atoms with Crippen LogP contribution in [0, 0.1) is 11.6 Å². The molecule has 2 rings (SSSR count). The highest BCUT2D eigenvalue weighted by Crippen LogP contribution is 2.25. The van der Waals surface area contributed by atoms with E-state index >= 15 is 0 Å². The van der Waals surface area contributed by atoms with Gasteiger partial charge in [-0.1, -0.05) is 13.0 Å². The summed E-state index contributed by atoms with van der Waals surface area (Å²) in [6.07, 6.45) is -4.16. The lowest BCUT2D eigenvalue weighted by Gasteiger charge is -2.37. The van der Waals surface area contributed by atoms with Gasteiger partial charge in [0.2, 0.25) is 0 Å². The van der Waals surface area contributed by atoms with Gasteiger partial charge in [-0.25, -0.2) is 13.6 Å². The highest BCUT2D eigenvalue weighted by molar-refractivity contribution is 5.73. The third-order valence-corrected chi connectivity index (χ3v) is 3.30. The van der Waals surface area contributed by atoms with Crippen LogP contribution in [0.4, 0.5) is 27.6 Å².